The lowest BCUT2D eigenvalue weighted by Crippen LogP contribution is -2.38. The summed E-state index contributed by atoms with van der Waals surface area (Å²) in [6, 6.07) is 6.48. The van der Waals surface area contributed by atoms with Crippen molar-refractivity contribution in [2.75, 3.05) is 19.7 Å². The number of nitrogens with zero attached hydrogens (tertiary/aromatic N) is 3. The normalized spacial score (nSPS) is 10.0. The van der Waals surface area contributed by atoms with Crippen LogP contribution in [0.15, 0.2) is 36.9 Å². The van der Waals surface area contributed by atoms with Gasteiger partial charge in [0.1, 0.15) is 12.7 Å². The van der Waals surface area contributed by atoms with Crippen molar-refractivity contribution >= 4 is 17.8 Å². The Morgan fingerprint density at radius 3 is 2.50 bits per heavy atom. The van der Waals surface area contributed by atoms with Crippen LogP contribution in [0.1, 0.15) is 17.3 Å². The van der Waals surface area contributed by atoms with Crippen LogP contribution in [0.25, 0.3) is 5.69 Å². The number of aromatic nitrogens is 3. The molecular formula is C15H17N5O4. The molecule has 0 saturated heterocycles. The van der Waals surface area contributed by atoms with E-state index >= 15 is 0 Å². The molecule has 0 atom stereocenters. The number of carbonyl (C=O) groups excluding carboxylic acids is 3. The molecule has 0 radical (unpaired) electrons. The van der Waals surface area contributed by atoms with E-state index in [1.165, 1.54) is 12.7 Å². The van der Waals surface area contributed by atoms with Crippen LogP contribution in [0.2, 0.25) is 0 Å². The SMILES string of the molecule is CCNC(=O)CNC(=O)COC(=O)c1ccc(-n2cncn2)cc1. The van der Waals surface area contributed by atoms with Crippen molar-refractivity contribution in [1.82, 2.24) is 25.4 Å². The van der Waals surface area contributed by atoms with Gasteiger partial charge in [0.05, 0.1) is 17.8 Å². The molecule has 0 aliphatic heterocycles. The number of ether oxygens (including phenoxy) is 1. The predicted octanol–water partition coefficient (Wildman–Crippen LogP) is -0.324. The molecule has 9 heteroatoms. The summed E-state index contributed by atoms with van der Waals surface area (Å²) in [5.74, 6) is -1.48. The van der Waals surface area contributed by atoms with Gasteiger partial charge in [-0.15, -0.1) is 0 Å². The van der Waals surface area contributed by atoms with Crippen molar-refractivity contribution < 1.29 is 19.1 Å². The van der Waals surface area contributed by atoms with Gasteiger partial charge in [0.15, 0.2) is 6.61 Å². The number of rotatable bonds is 7. The fourth-order valence-corrected chi connectivity index (χ4v) is 1.80. The second kappa shape index (κ2) is 8.42. The van der Waals surface area contributed by atoms with E-state index in [9.17, 15) is 14.4 Å². The number of esters is 1. The highest BCUT2D eigenvalue weighted by atomic mass is 16.5. The maximum atomic E-state index is 11.9. The Morgan fingerprint density at radius 1 is 1.12 bits per heavy atom. The van der Waals surface area contributed by atoms with Gasteiger partial charge >= 0.3 is 5.97 Å². The first-order chi connectivity index (χ1) is 11.6. The van der Waals surface area contributed by atoms with Crippen LogP contribution in [0.3, 0.4) is 0 Å². The molecule has 0 spiro atoms. The lowest BCUT2D eigenvalue weighted by molar-refractivity contribution is -0.127. The minimum atomic E-state index is -0.631. The van der Waals surface area contributed by atoms with E-state index < -0.39 is 18.5 Å². The van der Waals surface area contributed by atoms with Crippen molar-refractivity contribution in [2.24, 2.45) is 0 Å². The molecule has 0 saturated carbocycles. The molecule has 24 heavy (non-hydrogen) atoms. The molecule has 0 aliphatic carbocycles. The van der Waals surface area contributed by atoms with Gasteiger partial charge in [-0.25, -0.2) is 14.5 Å². The molecular weight excluding hydrogens is 314 g/mol. The van der Waals surface area contributed by atoms with Gasteiger partial charge < -0.3 is 15.4 Å². The van der Waals surface area contributed by atoms with Crippen LogP contribution in [-0.2, 0) is 14.3 Å². The Morgan fingerprint density at radius 2 is 1.88 bits per heavy atom. The molecule has 9 nitrogen and oxygen atoms in total. The molecule has 2 amide bonds. The van der Waals surface area contributed by atoms with Gasteiger partial charge in [0.25, 0.3) is 5.91 Å². The summed E-state index contributed by atoms with van der Waals surface area (Å²) in [4.78, 5) is 38.4. The van der Waals surface area contributed by atoms with Crippen LogP contribution in [0.5, 0.6) is 0 Å². The fourth-order valence-electron chi connectivity index (χ4n) is 1.80. The fraction of sp³-hybridized carbons (Fsp3) is 0.267. The molecule has 2 rings (SSSR count). The summed E-state index contributed by atoms with van der Waals surface area (Å²) in [5.41, 5.74) is 1.04. The van der Waals surface area contributed by atoms with E-state index in [2.05, 4.69) is 20.7 Å². The number of amides is 2. The average molecular weight is 331 g/mol. The summed E-state index contributed by atoms with van der Waals surface area (Å²) in [7, 11) is 0. The number of hydrogen-bond donors (Lipinski definition) is 2. The zero-order valence-corrected chi connectivity index (χ0v) is 13.1. The Balaban J connectivity index is 1.80. The minimum absolute atomic E-state index is 0.156. The lowest BCUT2D eigenvalue weighted by Gasteiger charge is -2.07. The second-order valence-corrected chi connectivity index (χ2v) is 4.69. The Bertz CT molecular complexity index is 697. The summed E-state index contributed by atoms with van der Waals surface area (Å²) in [5, 5.41) is 8.86. The summed E-state index contributed by atoms with van der Waals surface area (Å²) in [6.45, 7) is 1.64. The highest BCUT2D eigenvalue weighted by Gasteiger charge is 2.11. The molecule has 1 aromatic carbocycles. The van der Waals surface area contributed by atoms with Crippen molar-refractivity contribution in [2.45, 2.75) is 6.92 Å². The topological polar surface area (TPSA) is 115 Å². The van der Waals surface area contributed by atoms with Gasteiger partial charge in [-0.05, 0) is 31.2 Å². The maximum absolute atomic E-state index is 11.9. The third-order valence-corrected chi connectivity index (χ3v) is 2.94. The summed E-state index contributed by atoms with van der Waals surface area (Å²) < 4.78 is 6.44. The predicted molar refractivity (Wildman–Crippen MR) is 83.3 cm³/mol. The van der Waals surface area contributed by atoms with Crippen molar-refractivity contribution in [1.29, 1.82) is 0 Å². The van der Waals surface area contributed by atoms with Crippen LogP contribution >= 0.6 is 0 Å². The Hall–Kier alpha value is -3.23. The van der Waals surface area contributed by atoms with Crippen LogP contribution in [0.4, 0.5) is 0 Å². The third kappa shape index (κ3) is 4.90. The first-order valence-electron chi connectivity index (χ1n) is 7.25. The molecule has 0 aliphatic rings. The second-order valence-electron chi connectivity index (χ2n) is 4.69. The van der Waals surface area contributed by atoms with E-state index in [1.807, 2.05) is 0 Å². The summed E-state index contributed by atoms with van der Waals surface area (Å²) >= 11 is 0. The smallest absolute Gasteiger partial charge is 0.338 e. The van der Waals surface area contributed by atoms with Crippen molar-refractivity contribution in [3.05, 3.63) is 42.5 Å². The van der Waals surface area contributed by atoms with E-state index in [0.29, 0.717) is 12.1 Å². The quantitative estimate of drug-likeness (QED) is 0.672. The first-order valence-corrected chi connectivity index (χ1v) is 7.25. The average Bonchev–Trinajstić information content (AvgIpc) is 3.13. The standard InChI is InChI=1S/C15H17N5O4/c1-2-17-13(21)7-18-14(22)8-24-15(23)11-3-5-12(6-4-11)20-10-16-9-19-20/h3-6,9-10H,2,7-8H2,1H3,(H,17,21)(H,18,22). The van der Waals surface area contributed by atoms with E-state index in [4.69, 9.17) is 4.74 Å². The Labute approximate surface area is 138 Å². The molecule has 0 bridgehead atoms. The third-order valence-electron chi connectivity index (χ3n) is 2.94. The zero-order valence-electron chi connectivity index (χ0n) is 13.1. The minimum Gasteiger partial charge on any atom is -0.452 e. The van der Waals surface area contributed by atoms with Crippen molar-refractivity contribution in [3.63, 3.8) is 0 Å². The monoisotopic (exact) mass is 331 g/mol. The van der Waals surface area contributed by atoms with Gasteiger partial charge in [-0.1, -0.05) is 0 Å². The molecule has 0 unspecified atom stereocenters. The molecule has 2 aromatic rings. The number of benzene rings is 1. The Kier molecular flexibility index (Phi) is 6.01. The lowest BCUT2D eigenvalue weighted by atomic mass is 10.2. The van der Waals surface area contributed by atoms with Gasteiger partial charge in [-0.3, -0.25) is 9.59 Å². The van der Waals surface area contributed by atoms with Gasteiger partial charge in [0.2, 0.25) is 5.91 Å². The summed E-state index contributed by atoms with van der Waals surface area (Å²) in [6.07, 6.45) is 2.94. The van der Waals surface area contributed by atoms with E-state index in [-0.39, 0.29) is 12.5 Å². The van der Waals surface area contributed by atoms with Crippen LogP contribution in [0, 0.1) is 0 Å². The highest BCUT2D eigenvalue weighted by molar-refractivity contribution is 5.92. The van der Waals surface area contributed by atoms with Crippen LogP contribution < -0.4 is 10.6 Å². The van der Waals surface area contributed by atoms with E-state index in [0.717, 1.165) is 5.69 Å². The van der Waals surface area contributed by atoms with Gasteiger partial charge in [-0.2, -0.15) is 5.10 Å². The molecule has 1 aromatic heterocycles. The zero-order chi connectivity index (χ0) is 17.4. The largest absolute Gasteiger partial charge is 0.452 e. The van der Waals surface area contributed by atoms with Gasteiger partial charge in [0, 0.05) is 6.54 Å². The molecule has 1 heterocycles. The highest BCUT2D eigenvalue weighted by Crippen LogP contribution is 2.09. The van der Waals surface area contributed by atoms with Crippen LogP contribution in [-0.4, -0.2) is 52.2 Å². The van der Waals surface area contributed by atoms with E-state index in [1.54, 1.807) is 35.9 Å². The number of nitrogens with one attached hydrogen (secondary N) is 2. The molecule has 0 fully saturated rings. The molecule has 126 valence electrons. The number of carbonyl (C=O) groups is 3. The maximum Gasteiger partial charge on any atom is 0.338 e. The van der Waals surface area contributed by atoms with Crippen molar-refractivity contribution in [3.8, 4) is 5.69 Å². The first kappa shape index (κ1) is 17.1. The number of hydrogen-bond acceptors (Lipinski definition) is 6. The molecule has 2 N–H and O–H groups in total. The number of likely N-dealkylation sites (N-methyl/N-ethyl adjacent to an activating group) is 1.